The van der Waals surface area contributed by atoms with Crippen LogP contribution in [0.1, 0.15) is 28.8 Å². The van der Waals surface area contributed by atoms with Gasteiger partial charge in [0.2, 0.25) is 5.91 Å². The number of halogens is 1. The van der Waals surface area contributed by atoms with Gasteiger partial charge in [-0.15, -0.1) is 0 Å². The van der Waals surface area contributed by atoms with Gasteiger partial charge in [0.15, 0.2) is 0 Å². The number of amides is 2. The highest BCUT2D eigenvalue weighted by molar-refractivity contribution is 6.30. The van der Waals surface area contributed by atoms with E-state index in [4.69, 9.17) is 11.6 Å². The van der Waals surface area contributed by atoms with E-state index in [2.05, 4.69) is 22.3 Å². The lowest BCUT2D eigenvalue weighted by Gasteiger charge is -2.42. The van der Waals surface area contributed by atoms with E-state index in [1.165, 1.54) is 5.56 Å². The third-order valence-corrected chi connectivity index (χ3v) is 6.19. The van der Waals surface area contributed by atoms with Crippen molar-refractivity contribution in [3.63, 3.8) is 0 Å². The molecule has 0 bridgehead atoms. The number of rotatable bonds is 4. The SMILES string of the molecule is O=C(c1ccc(Cl)cc1)N1CCC2(CC1)C(=O)NCN2CCc1ccccc1. The third kappa shape index (κ3) is 3.64. The number of benzene rings is 2. The number of piperidine rings is 1. The van der Waals surface area contributed by atoms with Crippen LogP contribution >= 0.6 is 11.6 Å². The lowest BCUT2D eigenvalue weighted by molar-refractivity contribution is -0.128. The van der Waals surface area contributed by atoms with Crippen LogP contribution in [0.25, 0.3) is 0 Å². The summed E-state index contributed by atoms with van der Waals surface area (Å²) >= 11 is 5.92. The number of hydrogen-bond donors (Lipinski definition) is 1. The summed E-state index contributed by atoms with van der Waals surface area (Å²) in [5.74, 6) is 0.0971. The Bertz CT molecular complexity index is 846. The van der Waals surface area contributed by atoms with Crippen LogP contribution < -0.4 is 5.32 Å². The van der Waals surface area contributed by atoms with Crippen LogP contribution in [0.5, 0.6) is 0 Å². The highest BCUT2D eigenvalue weighted by Gasteiger charge is 2.50. The zero-order chi connectivity index (χ0) is 19.6. The predicted molar refractivity (Wildman–Crippen MR) is 109 cm³/mol. The molecule has 6 heteroatoms. The molecule has 0 radical (unpaired) electrons. The number of nitrogens with one attached hydrogen (secondary N) is 1. The number of carbonyl (C=O) groups is 2. The molecule has 1 spiro atoms. The summed E-state index contributed by atoms with van der Waals surface area (Å²) < 4.78 is 0. The zero-order valence-electron chi connectivity index (χ0n) is 15.7. The second-order valence-corrected chi connectivity index (χ2v) is 7.93. The molecule has 2 aromatic carbocycles. The van der Waals surface area contributed by atoms with Crippen LogP contribution in [0.15, 0.2) is 54.6 Å². The van der Waals surface area contributed by atoms with E-state index < -0.39 is 5.54 Å². The monoisotopic (exact) mass is 397 g/mol. The summed E-state index contributed by atoms with van der Waals surface area (Å²) in [6.07, 6.45) is 2.23. The van der Waals surface area contributed by atoms with Gasteiger partial charge in [-0.2, -0.15) is 0 Å². The van der Waals surface area contributed by atoms with Crippen molar-refractivity contribution in [2.24, 2.45) is 0 Å². The summed E-state index contributed by atoms with van der Waals surface area (Å²) in [4.78, 5) is 29.5. The van der Waals surface area contributed by atoms with Gasteiger partial charge < -0.3 is 10.2 Å². The molecule has 4 rings (SSSR count). The van der Waals surface area contributed by atoms with Crippen molar-refractivity contribution in [3.8, 4) is 0 Å². The van der Waals surface area contributed by atoms with Gasteiger partial charge in [0.1, 0.15) is 5.54 Å². The number of likely N-dealkylation sites (tertiary alicyclic amines) is 1. The first-order valence-corrected chi connectivity index (χ1v) is 10.1. The molecule has 28 heavy (non-hydrogen) atoms. The fourth-order valence-corrected chi connectivity index (χ4v) is 4.35. The number of hydrogen-bond acceptors (Lipinski definition) is 3. The van der Waals surface area contributed by atoms with Gasteiger partial charge in [-0.1, -0.05) is 41.9 Å². The maximum Gasteiger partial charge on any atom is 0.253 e. The normalized spacial score (nSPS) is 19.0. The Hall–Kier alpha value is -2.37. The molecule has 1 N–H and O–H groups in total. The van der Waals surface area contributed by atoms with E-state index in [9.17, 15) is 9.59 Å². The van der Waals surface area contributed by atoms with Gasteiger partial charge >= 0.3 is 0 Å². The standard InChI is InChI=1S/C22H24ClN3O2/c23-19-8-6-18(7-9-19)20(27)25-14-11-22(12-15-25)21(28)24-16-26(22)13-10-17-4-2-1-3-5-17/h1-9H,10-16H2,(H,24,28). The van der Waals surface area contributed by atoms with E-state index in [1.54, 1.807) is 24.3 Å². The van der Waals surface area contributed by atoms with Gasteiger partial charge in [-0.25, -0.2) is 0 Å². The van der Waals surface area contributed by atoms with E-state index in [0.717, 1.165) is 13.0 Å². The Labute approximate surface area is 170 Å². The Morgan fingerprint density at radius 1 is 1.04 bits per heavy atom. The second kappa shape index (κ2) is 7.94. The maximum absolute atomic E-state index is 12.8. The van der Waals surface area contributed by atoms with Crippen molar-refractivity contribution in [2.75, 3.05) is 26.3 Å². The van der Waals surface area contributed by atoms with Gasteiger partial charge in [0, 0.05) is 30.2 Å². The molecule has 0 saturated carbocycles. The quantitative estimate of drug-likeness (QED) is 0.863. The fourth-order valence-electron chi connectivity index (χ4n) is 4.23. The molecule has 146 valence electrons. The first-order chi connectivity index (χ1) is 13.6. The molecule has 0 unspecified atom stereocenters. The molecule has 2 fully saturated rings. The molecule has 2 aromatic rings. The minimum atomic E-state index is -0.494. The largest absolute Gasteiger partial charge is 0.342 e. The first kappa shape index (κ1) is 19.0. The summed E-state index contributed by atoms with van der Waals surface area (Å²) in [5.41, 5.74) is 1.41. The number of carbonyl (C=O) groups excluding carboxylic acids is 2. The molecule has 0 atom stereocenters. The summed E-state index contributed by atoms with van der Waals surface area (Å²) in [5, 5.41) is 3.63. The van der Waals surface area contributed by atoms with E-state index >= 15 is 0 Å². The average Bonchev–Trinajstić information content (AvgIpc) is 3.03. The zero-order valence-corrected chi connectivity index (χ0v) is 16.5. The third-order valence-electron chi connectivity index (χ3n) is 5.94. The van der Waals surface area contributed by atoms with Crippen LogP contribution in [-0.4, -0.2) is 53.5 Å². The van der Waals surface area contributed by atoms with Crippen molar-refractivity contribution in [3.05, 3.63) is 70.7 Å². The van der Waals surface area contributed by atoms with Crippen LogP contribution in [0.3, 0.4) is 0 Å². The fraction of sp³-hybridized carbons (Fsp3) is 0.364. The molecule has 2 aliphatic heterocycles. The van der Waals surface area contributed by atoms with E-state index in [0.29, 0.717) is 43.2 Å². The minimum absolute atomic E-state index is 0.000701. The molecule has 0 aliphatic carbocycles. The van der Waals surface area contributed by atoms with Gasteiger partial charge in [-0.05, 0) is 49.1 Å². The molecular formula is C22H24ClN3O2. The van der Waals surface area contributed by atoms with Crippen molar-refractivity contribution in [1.29, 1.82) is 0 Å². The van der Waals surface area contributed by atoms with Crippen molar-refractivity contribution < 1.29 is 9.59 Å². The van der Waals surface area contributed by atoms with Crippen molar-refractivity contribution in [2.45, 2.75) is 24.8 Å². The van der Waals surface area contributed by atoms with Gasteiger partial charge in [-0.3, -0.25) is 14.5 Å². The average molecular weight is 398 g/mol. The Balaban J connectivity index is 1.41. The van der Waals surface area contributed by atoms with Gasteiger partial charge in [0.05, 0.1) is 6.67 Å². The van der Waals surface area contributed by atoms with Crippen LogP contribution in [0, 0.1) is 0 Å². The Morgan fingerprint density at radius 2 is 1.71 bits per heavy atom. The molecule has 5 nitrogen and oxygen atoms in total. The molecule has 0 aromatic heterocycles. The Kier molecular flexibility index (Phi) is 5.38. The van der Waals surface area contributed by atoms with Crippen LogP contribution in [-0.2, 0) is 11.2 Å². The summed E-state index contributed by atoms with van der Waals surface area (Å²) in [6.45, 7) is 2.57. The lowest BCUT2D eigenvalue weighted by Crippen LogP contribution is -2.57. The van der Waals surface area contributed by atoms with Crippen molar-refractivity contribution >= 4 is 23.4 Å². The van der Waals surface area contributed by atoms with Gasteiger partial charge in [0.25, 0.3) is 5.91 Å². The predicted octanol–water partition coefficient (Wildman–Crippen LogP) is 2.95. The van der Waals surface area contributed by atoms with Crippen LogP contribution in [0.4, 0.5) is 0 Å². The summed E-state index contributed by atoms with van der Waals surface area (Å²) in [6, 6.07) is 17.3. The lowest BCUT2D eigenvalue weighted by atomic mass is 9.85. The molecule has 2 amide bonds. The van der Waals surface area contributed by atoms with E-state index in [-0.39, 0.29) is 11.8 Å². The highest BCUT2D eigenvalue weighted by atomic mass is 35.5. The Morgan fingerprint density at radius 3 is 2.39 bits per heavy atom. The molecule has 2 aliphatic rings. The van der Waals surface area contributed by atoms with Crippen LogP contribution in [0.2, 0.25) is 5.02 Å². The molecule has 2 heterocycles. The minimum Gasteiger partial charge on any atom is -0.342 e. The van der Waals surface area contributed by atoms with E-state index in [1.807, 2.05) is 23.1 Å². The number of nitrogens with zero attached hydrogens (tertiary/aromatic N) is 2. The first-order valence-electron chi connectivity index (χ1n) is 9.71. The van der Waals surface area contributed by atoms with Crippen molar-refractivity contribution in [1.82, 2.24) is 15.1 Å². The topological polar surface area (TPSA) is 52.7 Å². The highest BCUT2D eigenvalue weighted by Crippen LogP contribution is 2.33. The molecular weight excluding hydrogens is 374 g/mol. The second-order valence-electron chi connectivity index (χ2n) is 7.49. The molecule has 2 saturated heterocycles. The smallest absolute Gasteiger partial charge is 0.253 e. The maximum atomic E-state index is 12.8. The summed E-state index contributed by atoms with van der Waals surface area (Å²) in [7, 11) is 0.